The van der Waals surface area contributed by atoms with Crippen LogP contribution >= 0.6 is 0 Å². The Balaban J connectivity index is 1.62. The zero-order chi connectivity index (χ0) is 27.9. The van der Waals surface area contributed by atoms with Crippen LogP contribution in [0.1, 0.15) is 0 Å². The van der Waals surface area contributed by atoms with Gasteiger partial charge in [0, 0.05) is 42.5 Å². The van der Waals surface area contributed by atoms with E-state index in [-0.39, 0.29) is 11.5 Å². The summed E-state index contributed by atoms with van der Waals surface area (Å²) in [6.45, 7) is 0. The second-order valence-corrected chi connectivity index (χ2v) is 7.64. The standard InChI is InChI=1S/C24H18O14/c25-8-1-13(28)23(14(29)2-8)38-18-7-17(32)24(21(35)20(18)34)37-10-5-15(30)22(16(31)6-10)36-9-3-11(26)19(33)12(27)4-9/h1-7,25-35H. The Kier molecular flexibility index (Phi) is 6.14. The molecule has 4 aromatic carbocycles. The van der Waals surface area contributed by atoms with Gasteiger partial charge in [-0.2, -0.15) is 0 Å². The highest BCUT2D eigenvalue weighted by Gasteiger charge is 2.24. The average Bonchev–Trinajstić information content (AvgIpc) is 2.82. The Labute approximate surface area is 211 Å². The molecule has 14 heteroatoms. The van der Waals surface area contributed by atoms with Gasteiger partial charge in [-0.1, -0.05) is 0 Å². The molecule has 0 fully saturated rings. The summed E-state index contributed by atoms with van der Waals surface area (Å²) in [7, 11) is 0. The third kappa shape index (κ3) is 4.64. The van der Waals surface area contributed by atoms with E-state index in [0.29, 0.717) is 0 Å². The van der Waals surface area contributed by atoms with Crippen molar-refractivity contribution in [1.82, 2.24) is 0 Å². The van der Waals surface area contributed by atoms with Crippen LogP contribution in [-0.4, -0.2) is 56.2 Å². The van der Waals surface area contributed by atoms with Crippen LogP contribution in [0.15, 0.2) is 42.5 Å². The Morgan fingerprint density at radius 2 is 0.737 bits per heavy atom. The van der Waals surface area contributed by atoms with E-state index in [2.05, 4.69) is 0 Å². The van der Waals surface area contributed by atoms with Crippen molar-refractivity contribution in [2.45, 2.75) is 0 Å². The number of phenolic OH excluding ortho intramolecular Hbond substituents is 11. The lowest BCUT2D eigenvalue weighted by molar-refractivity contribution is 0.323. The van der Waals surface area contributed by atoms with Gasteiger partial charge < -0.3 is 70.4 Å². The highest BCUT2D eigenvalue weighted by molar-refractivity contribution is 5.67. The van der Waals surface area contributed by atoms with Gasteiger partial charge in [0.15, 0.2) is 46.0 Å². The molecule has 0 amide bonds. The van der Waals surface area contributed by atoms with Crippen molar-refractivity contribution in [3.05, 3.63) is 42.5 Å². The summed E-state index contributed by atoms with van der Waals surface area (Å²) in [5, 5.41) is 109. The molecular formula is C24H18O14. The molecule has 4 rings (SSSR count). The lowest BCUT2D eigenvalue weighted by atomic mass is 10.2. The lowest BCUT2D eigenvalue weighted by Gasteiger charge is -2.16. The number of ether oxygens (including phenoxy) is 3. The highest BCUT2D eigenvalue weighted by atomic mass is 16.5. The summed E-state index contributed by atoms with van der Waals surface area (Å²) >= 11 is 0. The number of rotatable bonds is 6. The van der Waals surface area contributed by atoms with E-state index in [1.165, 1.54) is 0 Å². The van der Waals surface area contributed by atoms with Crippen molar-refractivity contribution in [2.24, 2.45) is 0 Å². The van der Waals surface area contributed by atoms with Crippen LogP contribution in [0.5, 0.6) is 97.7 Å². The van der Waals surface area contributed by atoms with E-state index in [9.17, 15) is 56.2 Å². The topological polar surface area (TPSA) is 250 Å². The van der Waals surface area contributed by atoms with Crippen LogP contribution in [0.3, 0.4) is 0 Å². The summed E-state index contributed by atoms with van der Waals surface area (Å²) < 4.78 is 15.6. The van der Waals surface area contributed by atoms with Crippen molar-refractivity contribution >= 4 is 0 Å². The molecule has 0 bridgehead atoms. The molecule has 0 spiro atoms. The van der Waals surface area contributed by atoms with Gasteiger partial charge in [-0.3, -0.25) is 0 Å². The van der Waals surface area contributed by atoms with Crippen molar-refractivity contribution in [2.75, 3.05) is 0 Å². The summed E-state index contributed by atoms with van der Waals surface area (Å²) in [5.41, 5.74) is 0. The van der Waals surface area contributed by atoms with Crippen molar-refractivity contribution in [1.29, 1.82) is 0 Å². The van der Waals surface area contributed by atoms with Crippen molar-refractivity contribution in [3.8, 4) is 97.7 Å². The van der Waals surface area contributed by atoms with E-state index >= 15 is 0 Å². The van der Waals surface area contributed by atoms with E-state index < -0.39 is 86.2 Å². The molecule has 11 N–H and O–H groups in total. The molecule has 0 unspecified atom stereocenters. The first-order chi connectivity index (χ1) is 17.8. The van der Waals surface area contributed by atoms with E-state index in [4.69, 9.17) is 14.2 Å². The second-order valence-electron chi connectivity index (χ2n) is 7.64. The molecule has 0 aliphatic carbocycles. The van der Waals surface area contributed by atoms with Gasteiger partial charge in [-0.25, -0.2) is 0 Å². The number of benzene rings is 4. The van der Waals surface area contributed by atoms with Crippen LogP contribution < -0.4 is 14.2 Å². The predicted octanol–water partition coefficient (Wildman–Crippen LogP) is 3.83. The maximum Gasteiger partial charge on any atom is 0.214 e. The van der Waals surface area contributed by atoms with Crippen molar-refractivity contribution < 1.29 is 70.4 Å². The SMILES string of the molecule is Oc1cc(O)c(Oc2cc(O)c(Oc3cc(O)c(Oc4cc(O)c(O)c(O)c4)c(O)c3)c(O)c2O)c(O)c1. The largest absolute Gasteiger partial charge is 0.508 e. The minimum Gasteiger partial charge on any atom is -0.508 e. The van der Waals surface area contributed by atoms with Crippen LogP contribution in [0.25, 0.3) is 0 Å². The summed E-state index contributed by atoms with van der Waals surface area (Å²) in [6, 6.07) is 5.92. The molecule has 0 aromatic heterocycles. The summed E-state index contributed by atoms with van der Waals surface area (Å²) in [4.78, 5) is 0. The van der Waals surface area contributed by atoms with E-state index in [1.54, 1.807) is 0 Å². The van der Waals surface area contributed by atoms with Gasteiger partial charge in [0.05, 0.1) is 0 Å². The first-order valence-electron chi connectivity index (χ1n) is 10.2. The molecule has 0 saturated heterocycles. The fraction of sp³-hybridized carbons (Fsp3) is 0. The van der Waals surface area contributed by atoms with Crippen LogP contribution in [0, 0.1) is 0 Å². The number of aromatic hydroxyl groups is 11. The van der Waals surface area contributed by atoms with Crippen LogP contribution in [0.2, 0.25) is 0 Å². The van der Waals surface area contributed by atoms with Crippen LogP contribution in [-0.2, 0) is 0 Å². The van der Waals surface area contributed by atoms with Gasteiger partial charge in [-0.15, -0.1) is 0 Å². The third-order valence-electron chi connectivity index (χ3n) is 4.93. The van der Waals surface area contributed by atoms with Gasteiger partial charge in [0.1, 0.15) is 17.2 Å². The fourth-order valence-corrected chi connectivity index (χ4v) is 3.19. The molecule has 0 aliphatic rings. The molecule has 0 aliphatic heterocycles. The Hall–Kier alpha value is -5.92. The van der Waals surface area contributed by atoms with E-state index in [0.717, 1.165) is 42.5 Å². The monoisotopic (exact) mass is 530 g/mol. The van der Waals surface area contributed by atoms with Gasteiger partial charge in [0.2, 0.25) is 34.5 Å². The molecule has 198 valence electrons. The zero-order valence-electron chi connectivity index (χ0n) is 18.7. The maximum atomic E-state index is 10.3. The first-order valence-corrected chi connectivity index (χ1v) is 10.2. The number of phenols is 11. The normalized spacial score (nSPS) is 10.7. The van der Waals surface area contributed by atoms with Gasteiger partial charge >= 0.3 is 0 Å². The maximum absolute atomic E-state index is 10.3. The molecule has 0 radical (unpaired) electrons. The molecule has 0 saturated carbocycles. The number of hydrogen-bond donors (Lipinski definition) is 11. The predicted molar refractivity (Wildman–Crippen MR) is 124 cm³/mol. The zero-order valence-corrected chi connectivity index (χ0v) is 18.7. The number of hydrogen-bond acceptors (Lipinski definition) is 14. The molecule has 14 nitrogen and oxygen atoms in total. The minimum atomic E-state index is -1.08. The van der Waals surface area contributed by atoms with Crippen molar-refractivity contribution in [3.63, 3.8) is 0 Å². The molecule has 0 atom stereocenters. The van der Waals surface area contributed by atoms with Crippen LogP contribution in [0.4, 0.5) is 0 Å². The second kappa shape index (κ2) is 9.27. The molecule has 0 heterocycles. The summed E-state index contributed by atoms with van der Waals surface area (Å²) in [6.07, 6.45) is 0. The van der Waals surface area contributed by atoms with E-state index in [1.807, 2.05) is 0 Å². The third-order valence-corrected chi connectivity index (χ3v) is 4.93. The highest BCUT2D eigenvalue weighted by Crippen LogP contribution is 2.54. The summed E-state index contributed by atoms with van der Waals surface area (Å²) in [5.74, 6) is -11.9. The Bertz CT molecular complexity index is 1490. The Morgan fingerprint density at radius 1 is 0.342 bits per heavy atom. The Morgan fingerprint density at radius 3 is 1.26 bits per heavy atom. The van der Waals surface area contributed by atoms with Gasteiger partial charge in [0.25, 0.3) is 0 Å². The molecular weight excluding hydrogens is 512 g/mol. The molecule has 38 heavy (non-hydrogen) atoms. The lowest BCUT2D eigenvalue weighted by Crippen LogP contribution is -1.92. The quantitative estimate of drug-likeness (QED) is 0.125. The smallest absolute Gasteiger partial charge is 0.214 e. The fourth-order valence-electron chi connectivity index (χ4n) is 3.19. The minimum absolute atomic E-state index is 0.279. The molecule has 4 aromatic rings. The first kappa shape index (κ1) is 25.2. The average molecular weight is 530 g/mol. The van der Waals surface area contributed by atoms with Gasteiger partial charge in [-0.05, 0) is 0 Å².